The number of fused-ring (bicyclic) bond motifs is 1. The van der Waals surface area contributed by atoms with Gasteiger partial charge in [0.05, 0.1) is 38.5 Å². The molecule has 0 spiro atoms. The average molecular weight is 554 g/mol. The van der Waals surface area contributed by atoms with Crippen LogP contribution in [0.5, 0.6) is 0 Å². The first-order valence-corrected chi connectivity index (χ1v) is 12.1. The molecule has 0 bridgehead atoms. The van der Waals surface area contributed by atoms with Crippen LogP contribution in [0.2, 0.25) is 10.0 Å². The molecular formula is C27H21Cl2N3O6. The number of hydrogen-bond acceptors (Lipinski definition) is 6. The van der Waals surface area contributed by atoms with E-state index in [1.54, 1.807) is 43.4 Å². The molecule has 11 heteroatoms. The van der Waals surface area contributed by atoms with Gasteiger partial charge >= 0.3 is 5.97 Å². The second kappa shape index (κ2) is 11.0. The van der Waals surface area contributed by atoms with Crippen molar-refractivity contribution in [1.29, 1.82) is 0 Å². The molecular weight excluding hydrogens is 533 g/mol. The quantitative estimate of drug-likeness (QED) is 0.196. The van der Waals surface area contributed by atoms with E-state index in [0.29, 0.717) is 22.0 Å². The average Bonchev–Trinajstić information content (AvgIpc) is 2.89. The number of nitro benzene ring substituents is 1. The topological polar surface area (TPSA) is 121 Å². The van der Waals surface area contributed by atoms with Gasteiger partial charge in [0, 0.05) is 25.1 Å². The van der Waals surface area contributed by atoms with Gasteiger partial charge in [-0.1, -0.05) is 59.6 Å². The maximum Gasteiger partial charge on any atom is 0.328 e. The fourth-order valence-corrected chi connectivity index (χ4v) is 4.75. The summed E-state index contributed by atoms with van der Waals surface area (Å²) in [5.41, 5.74) is 1.55. The Morgan fingerprint density at radius 2 is 1.68 bits per heavy atom. The van der Waals surface area contributed by atoms with E-state index in [1.807, 2.05) is 0 Å². The number of carbonyl (C=O) groups excluding carboxylic acids is 2. The number of pyridine rings is 1. The predicted molar refractivity (Wildman–Crippen MR) is 145 cm³/mol. The Hall–Kier alpha value is -4.21. The number of non-ortho nitro benzene ring substituents is 1. The zero-order valence-corrected chi connectivity index (χ0v) is 21.7. The minimum atomic E-state index is -1.04. The second-order valence-electron chi connectivity index (χ2n) is 8.44. The highest BCUT2D eigenvalue weighted by Crippen LogP contribution is 2.28. The lowest BCUT2D eigenvalue weighted by molar-refractivity contribution is -0.383. The summed E-state index contributed by atoms with van der Waals surface area (Å²) >= 11 is 12.2. The Morgan fingerprint density at radius 3 is 2.29 bits per heavy atom. The van der Waals surface area contributed by atoms with Crippen LogP contribution >= 0.6 is 23.2 Å². The van der Waals surface area contributed by atoms with Gasteiger partial charge in [0.2, 0.25) is 0 Å². The molecule has 0 aliphatic heterocycles. The first kappa shape index (κ1) is 26.8. The molecule has 38 heavy (non-hydrogen) atoms. The van der Waals surface area contributed by atoms with Crippen molar-refractivity contribution in [2.24, 2.45) is 7.05 Å². The van der Waals surface area contributed by atoms with Gasteiger partial charge in [-0.25, -0.2) is 4.79 Å². The fourth-order valence-electron chi connectivity index (χ4n) is 4.18. The van der Waals surface area contributed by atoms with Crippen LogP contribution in [0.1, 0.15) is 15.9 Å². The van der Waals surface area contributed by atoms with Gasteiger partial charge in [-0.05, 0) is 35.4 Å². The van der Waals surface area contributed by atoms with Crippen LogP contribution in [-0.2, 0) is 23.0 Å². The van der Waals surface area contributed by atoms with Crippen molar-refractivity contribution in [3.8, 4) is 11.1 Å². The van der Waals surface area contributed by atoms with Crippen molar-refractivity contribution in [3.63, 3.8) is 0 Å². The van der Waals surface area contributed by atoms with Crippen LogP contribution in [0.15, 0.2) is 71.5 Å². The molecule has 1 amide bonds. The summed E-state index contributed by atoms with van der Waals surface area (Å²) in [6.45, 7) is 0. The molecule has 0 aliphatic rings. The number of carbonyl (C=O) groups is 2. The maximum atomic E-state index is 13.0. The number of aryl methyl sites for hydroxylation is 1. The lowest BCUT2D eigenvalue weighted by Gasteiger charge is -2.18. The second-order valence-corrected chi connectivity index (χ2v) is 9.25. The third kappa shape index (κ3) is 5.25. The summed E-state index contributed by atoms with van der Waals surface area (Å²) in [6.07, 6.45) is 0.0853. The van der Waals surface area contributed by atoms with E-state index < -0.39 is 22.8 Å². The van der Waals surface area contributed by atoms with Crippen LogP contribution in [0, 0.1) is 10.1 Å². The van der Waals surface area contributed by atoms with Gasteiger partial charge < -0.3 is 14.6 Å². The number of nitro groups is 1. The largest absolute Gasteiger partial charge is 0.467 e. The first-order valence-electron chi connectivity index (χ1n) is 11.3. The van der Waals surface area contributed by atoms with Crippen LogP contribution in [0.25, 0.3) is 22.0 Å². The van der Waals surface area contributed by atoms with Crippen molar-refractivity contribution in [2.75, 3.05) is 7.11 Å². The van der Waals surface area contributed by atoms with Gasteiger partial charge in [-0.2, -0.15) is 0 Å². The van der Waals surface area contributed by atoms with Crippen molar-refractivity contribution in [1.82, 2.24) is 9.88 Å². The van der Waals surface area contributed by atoms with E-state index in [4.69, 9.17) is 27.9 Å². The molecule has 4 aromatic rings. The Balaban J connectivity index is 1.64. The van der Waals surface area contributed by atoms with Crippen LogP contribution < -0.4 is 10.9 Å². The molecule has 1 heterocycles. The Bertz CT molecular complexity index is 1610. The van der Waals surface area contributed by atoms with Gasteiger partial charge in [-0.15, -0.1) is 0 Å². The van der Waals surface area contributed by atoms with Gasteiger partial charge in [0.25, 0.3) is 17.2 Å². The summed E-state index contributed by atoms with van der Waals surface area (Å²) in [7, 11) is 2.77. The number of hydrogen-bond donors (Lipinski definition) is 1. The third-order valence-electron chi connectivity index (χ3n) is 6.13. The number of nitrogens with one attached hydrogen (secondary N) is 1. The SMILES string of the molecule is COC(=O)[C@H](Cc1ccc(-c2cc3c([N+](=O)[O-])cccc3n(C)c2=O)cc1)NC(=O)c1c(Cl)cccc1Cl. The van der Waals surface area contributed by atoms with Crippen LogP contribution in [0.3, 0.4) is 0 Å². The monoisotopic (exact) mass is 553 g/mol. The number of methoxy groups -OCH3 is 1. The zero-order chi connectivity index (χ0) is 27.6. The highest BCUT2D eigenvalue weighted by Gasteiger charge is 2.25. The molecule has 4 rings (SSSR count). The van der Waals surface area contributed by atoms with Crippen LogP contribution in [-0.4, -0.2) is 34.5 Å². The fraction of sp³-hybridized carbons (Fsp3) is 0.148. The number of aromatic nitrogens is 1. The summed E-state index contributed by atoms with van der Waals surface area (Å²) in [4.78, 5) is 49.3. The smallest absolute Gasteiger partial charge is 0.328 e. The lowest BCUT2D eigenvalue weighted by Crippen LogP contribution is -2.43. The van der Waals surface area contributed by atoms with Gasteiger partial charge in [0.1, 0.15) is 6.04 Å². The number of halogens is 2. The van der Waals surface area contributed by atoms with Crippen molar-refractivity contribution in [3.05, 3.63) is 108 Å². The summed E-state index contributed by atoms with van der Waals surface area (Å²) in [5.74, 6) is -1.30. The van der Waals surface area contributed by atoms with Crippen molar-refractivity contribution in [2.45, 2.75) is 12.5 Å². The molecule has 0 fully saturated rings. The van der Waals surface area contributed by atoms with Gasteiger partial charge in [0.15, 0.2) is 0 Å². The van der Waals surface area contributed by atoms with Crippen molar-refractivity contribution >= 4 is 51.7 Å². The van der Waals surface area contributed by atoms with Crippen molar-refractivity contribution < 1.29 is 19.2 Å². The highest BCUT2D eigenvalue weighted by molar-refractivity contribution is 6.39. The number of esters is 1. The first-order chi connectivity index (χ1) is 18.1. The number of benzene rings is 3. The molecule has 0 saturated heterocycles. The Labute approximate surface area is 226 Å². The number of rotatable bonds is 7. The number of ether oxygens (including phenoxy) is 1. The predicted octanol–water partition coefficient (Wildman–Crippen LogP) is 4.93. The van der Waals surface area contributed by atoms with E-state index in [9.17, 15) is 24.5 Å². The summed E-state index contributed by atoms with van der Waals surface area (Å²) in [5, 5.41) is 14.8. The molecule has 9 nitrogen and oxygen atoms in total. The summed E-state index contributed by atoms with van der Waals surface area (Å²) in [6, 6.07) is 16.4. The molecule has 3 aromatic carbocycles. The molecule has 1 aromatic heterocycles. The molecule has 1 atom stereocenters. The van der Waals surface area contributed by atoms with E-state index in [0.717, 1.165) is 0 Å². The zero-order valence-electron chi connectivity index (χ0n) is 20.2. The minimum absolute atomic E-state index is 0.0429. The molecule has 0 aliphatic carbocycles. The molecule has 1 N–H and O–H groups in total. The molecule has 0 unspecified atom stereocenters. The molecule has 194 valence electrons. The lowest BCUT2D eigenvalue weighted by atomic mass is 9.99. The standard InChI is InChI=1S/C27H21Cl2N3O6/c1-31-22-7-4-8-23(32(36)37)18(22)14-17(26(31)34)16-11-9-15(10-12-16)13-21(27(35)38-2)30-25(33)24-19(28)5-3-6-20(24)29/h3-12,14,21H,13H2,1-2H3,(H,30,33)/t21-/m0/s1. The van der Waals surface area contributed by atoms with Crippen LogP contribution in [0.4, 0.5) is 5.69 Å². The Morgan fingerprint density at radius 1 is 1.05 bits per heavy atom. The number of nitrogens with zero attached hydrogens (tertiary/aromatic N) is 2. The number of amides is 1. The normalized spacial score (nSPS) is 11.7. The van der Waals surface area contributed by atoms with E-state index in [2.05, 4.69) is 5.32 Å². The van der Waals surface area contributed by atoms with Gasteiger partial charge in [-0.3, -0.25) is 19.7 Å². The third-order valence-corrected chi connectivity index (χ3v) is 6.76. The van der Waals surface area contributed by atoms with E-state index in [-0.39, 0.29) is 38.8 Å². The Kier molecular flexibility index (Phi) is 7.80. The van der Waals surface area contributed by atoms with E-state index in [1.165, 1.54) is 42.0 Å². The van der Waals surface area contributed by atoms with E-state index >= 15 is 0 Å². The minimum Gasteiger partial charge on any atom is -0.467 e. The molecule has 0 radical (unpaired) electrons. The molecule has 0 saturated carbocycles. The highest BCUT2D eigenvalue weighted by atomic mass is 35.5. The maximum absolute atomic E-state index is 13.0. The summed E-state index contributed by atoms with van der Waals surface area (Å²) < 4.78 is 6.23.